The van der Waals surface area contributed by atoms with E-state index in [4.69, 9.17) is 14.6 Å². The summed E-state index contributed by atoms with van der Waals surface area (Å²) in [5, 5.41) is 14.6. The van der Waals surface area contributed by atoms with Crippen molar-refractivity contribution in [1.29, 1.82) is 0 Å². The molecule has 2 rings (SSSR count). The van der Waals surface area contributed by atoms with Crippen LogP contribution in [0.3, 0.4) is 0 Å². The summed E-state index contributed by atoms with van der Waals surface area (Å²) in [6.45, 7) is 6.89. The van der Waals surface area contributed by atoms with Gasteiger partial charge in [-0.25, -0.2) is 9.59 Å². The molecule has 0 fully saturated rings. The summed E-state index contributed by atoms with van der Waals surface area (Å²) < 4.78 is 10.0. The average Bonchev–Trinajstić information content (AvgIpc) is 3.02. The Morgan fingerprint density at radius 3 is 2.47 bits per heavy atom. The molecule has 30 heavy (non-hydrogen) atoms. The highest BCUT2D eigenvalue weighted by Gasteiger charge is 2.26. The lowest BCUT2D eigenvalue weighted by atomic mass is 10.1. The van der Waals surface area contributed by atoms with Crippen LogP contribution in [0.1, 0.15) is 44.6 Å². The molecule has 4 N–H and O–H groups in total. The SMILES string of the molecule is CCOC(=O)c1cc2cc(NC(=O)C(CC(=O)O)NC(=O)OC(C)(C)C)ccc2[nH]1. The van der Waals surface area contributed by atoms with Crippen molar-refractivity contribution in [3.05, 3.63) is 30.0 Å². The van der Waals surface area contributed by atoms with Crippen molar-refractivity contribution in [3.63, 3.8) is 0 Å². The number of carboxylic acids is 1. The third-order valence-electron chi connectivity index (χ3n) is 3.77. The second-order valence-corrected chi connectivity index (χ2v) is 7.49. The number of fused-ring (bicyclic) bond motifs is 1. The van der Waals surface area contributed by atoms with Gasteiger partial charge in [0, 0.05) is 16.6 Å². The predicted molar refractivity (Wildman–Crippen MR) is 108 cm³/mol. The van der Waals surface area contributed by atoms with Crippen molar-refractivity contribution in [2.75, 3.05) is 11.9 Å². The van der Waals surface area contributed by atoms with Crippen LogP contribution in [0.15, 0.2) is 24.3 Å². The number of carbonyl (C=O) groups is 4. The fourth-order valence-corrected chi connectivity index (χ4v) is 2.59. The molecule has 0 aliphatic carbocycles. The Morgan fingerprint density at radius 2 is 1.87 bits per heavy atom. The molecule has 0 aliphatic heterocycles. The van der Waals surface area contributed by atoms with Crippen molar-refractivity contribution in [2.24, 2.45) is 0 Å². The van der Waals surface area contributed by atoms with Gasteiger partial charge in [0.05, 0.1) is 13.0 Å². The van der Waals surface area contributed by atoms with E-state index in [2.05, 4.69) is 15.6 Å². The zero-order valence-corrected chi connectivity index (χ0v) is 17.2. The van der Waals surface area contributed by atoms with Crippen LogP contribution >= 0.6 is 0 Å². The lowest BCUT2D eigenvalue weighted by Crippen LogP contribution is -2.46. The van der Waals surface area contributed by atoms with Crippen LogP contribution in [-0.4, -0.2) is 52.3 Å². The van der Waals surface area contributed by atoms with E-state index >= 15 is 0 Å². The number of esters is 1. The van der Waals surface area contributed by atoms with Gasteiger partial charge < -0.3 is 30.2 Å². The third-order valence-corrected chi connectivity index (χ3v) is 3.77. The van der Waals surface area contributed by atoms with Crippen LogP contribution in [-0.2, 0) is 19.1 Å². The summed E-state index contributed by atoms with van der Waals surface area (Å²) >= 11 is 0. The number of ether oxygens (including phenoxy) is 2. The first-order valence-electron chi connectivity index (χ1n) is 9.30. The molecule has 10 nitrogen and oxygen atoms in total. The number of alkyl carbamates (subject to hydrolysis) is 1. The van der Waals surface area contributed by atoms with Gasteiger partial charge in [-0.2, -0.15) is 0 Å². The van der Waals surface area contributed by atoms with Crippen molar-refractivity contribution < 1.29 is 33.8 Å². The highest BCUT2D eigenvalue weighted by atomic mass is 16.6. The topological polar surface area (TPSA) is 147 Å². The van der Waals surface area contributed by atoms with Crippen LogP contribution in [0.5, 0.6) is 0 Å². The van der Waals surface area contributed by atoms with Gasteiger partial charge >= 0.3 is 18.0 Å². The number of aromatic amines is 1. The quantitative estimate of drug-likeness (QED) is 0.504. The fraction of sp³-hybridized carbons (Fsp3) is 0.400. The molecule has 0 radical (unpaired) electrons. The van der Waals surface area contributed by atoms with Gasteiger partial charge in [-0.3, -0.25) is 9.59 Å². The Balaban J connectivity index is 2.15. The standard InChI is InChI=1S/C20H25N3O7/c1-5-29-18(27)15-9-11-8-12(6-7-13(11)22-15)21-17(26)14(10-16(24)25)23-19(28)30-20(2,3)4/h6-9,14,22H,5,10H2,1-4H3,(H,21,26)(H,23,28)(H,24,25). The lowest BCUT2D eigenvalue weighted by Gasteiger charge is -2.22. The molecule has 0 saturated heterocycles. The lowest BCUT2D eigenvalue weighted by molar-refractivity contribution is -0.139. The molecule has 0 bridgehead atoms. The molecule has 1 aromatic carbocycles. The van der Waals surface area contributed by atoms with Crippen LogP contribution in [0.4, 0.5) is 10.5 Å². The van der Waals surface area contributed by atoms with Crippen LogP contribution in [0, 0.1) is 0 Å². The normalized spacial score (nSPS) is 12.1. The maximum Gasteiger partial charge on any atom is 0.408 e. The summed E-state index contributed by atoms with van der Waals surface area (Å²) in [5.41, 5.74) is 0.489. The molecule has 0 aliphatic rings. The number of amides is 2. The molecule has 1 heterocycles. The smallest absolute Gasteiger partial charge is 0.408 e. The number of hydrogen-bond donors (Lipinski definition) is 4. The van der Waals surface area contributed by atoms with Crippen molar-refractivity contribution >= 4 is 40.5 Å². The van der Waals surface area contributed by atoms with E-state index in [1.807, 2.05) is 0 Å². The number of hydrogen-bond acceptors (Lipinski definition) is 6. The fourth-order valence-electron chi connectivity index (χ4n) is 2.59. The summed E-state index contributed by atoms with van der Waals surface area (Å²) in [7, 11) is 0. The van der Waals surface area contributed by atoms with Gasteiger partial charge in [0.1, 0.15) is 17.3 Å². The largest absolute Gasteiger partial charge is 0.481 e. The van der Waals surface area contributed by atoms with Gasteiger partial charge in [0.25, 0.3) is 0 Å². The molecule has 162 valence electrons. The first-order chi connectivity index (χ1) is 14.0. The van der Waals surface area contributed by atoms with E-state index < -0.39 is 42.0 Å². The number of aliphatic carboxylic acids is 1. The second-order valence-electron chi connectivity index (χ2n) is 7.49. The van der Waals surface area contributed by atoms with Gasteiger partial charge in [-0.15, -0.1) is 0 Å². The third kappa shape index (κ3) is 6.50. The van der Waals surface area contributed by atoms with Crippen molar-refractivity contribution in [1.82, 2.24) is 10.3 Å². The monoisotopic (exact) mass is 419 g/mol. The van der Waals surface area contributed by atoms with E-state index in [9.17, 15) is 19.2 Å². The number of aromatic nitrogens is 1. The van der Waals surface area contributed by atoms with E-state index in [-0.39, 0.29) is 12.3 Å². The number of carbonyl (C=O) groups excluding carboxylic acids is 3. The zero-order chi connectivity index (χ0) is 22.5. The molecular formula is C20H25N3O7. The minimum atomic E-state index is -1.34. The Morgan fingerprint density at radius 1 is 1.17 bits per heavy atom. The van der Waals surface area contributed by atoms with E-state index in [1.165, 1.54) is 0 Å². The first-order valence-corrected chi connectivity index (χ1v) is 9.30. The van der Waals surface area contributed by atoms with Gasteiger partial charge in [0.15, 0.2) is 0 Å². The second kappa shape index (κ2) is 9.29. The van der Waals surface area contributed by atoms with Crippen molar-refractivity contribution in [3.8, 4) is 0 Å². The molecule has 0 saturated carbocycles. The number of rotatable bonds is 7. The molecule has 1 atom stereocenters. The van der Waals surface area contributed by atoms with Gasteiger partial charge in [-0.1, -0.05) is 0 Å². The number of H-pyrrole nitrogens is 1. The number of nitrogens with one attached hydrogen (secondary N) is 3. The Kier molecular flexibility index (Phi) is 7.04. The molecular weight excluding hydrogens is 394 g/mol. The molecule has 2 aromatic rings. The summed E-state index contributed by atoms with van der Waals surface area (Å²) in [6.07, 6.45) is -1.52. The highest BCUT2D eigenvalue weighted by Crippen LogP contribution is 2.21. The number of anilines is 1. The Bertz CT molecular complexity index is 959. The minimum Gasteiger partial charge on any atom is -0.481 e. The summed E-state index contributed by atoms with van der Waals surface area (Å²) in [6, 6.07) is 5.08. The highest BCUT2D eigenvalue weighted by molar-refractivity contribution is 6.01. The molecule has 1 aromatic heterocycles. The van der Waals surface area contributed by atoms with Gasteiger partial charge in [0.2, 0.25) is 5.91 Å². The van der Waals surface area contributed by atoms with Crippen LogP contribution in [0.25, 0.3) is 10.9 Å². The molecule has 2 amide bonds. The molecule has 0 spiro atoms. The minimum absolute atomic E-state index is 0.241. The predicted octanol–water partition coefficient (Wildman–Crippen LogP) is 2.65. The Labute approximate surface area is 172 Å². The van der Waals surface area contributed by atoms with Crippen LogP contribution < -0.4 is 10.6 Å². The van der Waals surface area contributed by atoms with E-state index in [1.54, 1.807) is 52.0 Å². The van der Waals surface area contributed by atoms with Crippen molar-refractivity contribution in [2.45, 2.75) is 45.8 Å². The molecule has 10 heteroatoms. The molecule has 1 unspecified atom stereocenters. The van der Waals surface area contributed by atoms with E-state index in [0.717, 1.165) is 0 Å². The zero-order valence-electron chi connectivity index (χ0n) is 17.2. The van der Waals surface area contributed by atoms with Gasteiger partial charge in [-0.05, 0) is 52.0 Å². The number of carboxylic acid groups (broad SMARTS) is 1. The summed E-state index contributed by atoms with van der Waals surface area (Å²) in [5.74, 6) is -2.47. The van der Waals surface area contributed by atoms with Crippen LogP contribution in [0.2, 0.25) is 0 Å². The average molecular weight is 419 g/mol. The summed E-state index contributed by atoms with van der Waals surface area (Å²) in [4.78, 5) is 50.4. The Hall–Kier alpha value is -3.56. The maximum absolute atomic E-state index is 12.6. The first kappa shape index (κ1) is 22.7. The van der Waals surface area contributed by atoms with E-state index in [0.29, 0.717) is 16.6 Å². The maximum atomic E-state index is 12.6. The number of benzene rings is 1.